The number of allylic oxidation sites excluding steroid dienone is 1. The van der Waals surface area contributed by atoms with Crippen LogP contribution in [-0.2, 0) is 0 Å². The summed E-state index contributed by atoms with van der Waals surface area (Å²) in [5.74, 6) is -2.44. The van der Waals surface area contributed by atoms with E-state index in [1.54, 1.807) is 24.3 Å². The summed E-state index contributed by atoms with van der Waals surface area (Å²) < 4.78 is 62.9. The van der Waals surface area contributed by atoms with Crippen molar-refractivity contribution in [2.24, 2.45) is 11.8 Å². The number of methoxy groups -OCH3 is 1. The molecule has 0 atom stereocenters. The Hall–Kier alpha value is -2.30. The SMILES string of the molecule is COc1ccc(C2CCC(/C=C/c3ccc(C4CCC(C)CC4)c(F)c3F)CC2)c(F)c1F. The van der Waals surface area contributed by atoms with Crippen LogP contribution >= 0.6 is 0 Å². The number of hydrogen-bond acceptors (Lipinski definition) is 1. The van der Waals surface area contributed by atoms with Crippen molar-refractivity contribution in [2.45, 2.75) is 70.1 Å². The summed E-state index contributed by atoms with van der Waals surface area (Å²) in [5, 5.41) is 0. The smallest absolute Gasteiger partial charge is 0.200 e. The first-order valence-corrected chi connectivity index (χ1v) is 12.1. The molecule has 0 N–H and O–H groups in total. The highest BCUT2D eigenvalue weighted by molar-refractivity contribution is 5.52. The minimum Gasteiger partial charge on any atom is -0.494 e. The van der Waals surface area contributed by atoms with Gasteiger partial charge in [0, 0.05) is 5.56 Å². The molecule has 2 saturated carbocycles. The molecule has 0 aromatic heterocycles. The van der Waals surface area contributed by atoms with E-state index in [0.29, 0.717) is 29.9 Å². The second kappa shape index (κ2) is 10.3. The van der Waals surface area contributed by atoms with Crippen LogP contribution in [0.1, 0.15) is 86.8 Å². The van der Waals surface area contributed by atoms with Gasteiger partial charge in [0.1, 0.15) is 0 Å². The van der Waals surface area contributed by atoms with E-state index in [4.69, 9.17) is 4.74 Å². The van der Waals surface area contributed by atoms with Crippen LogP contribution in [0.3, 0.4) is 0 Å². The molecular formula is C28H32F4O. The van der Waals surface area contributed by atoms with Gasteiger partial charge in [-0.1, -0.05) is 50.1 Å². The van der Waals surface area contributed by atoms with Crippen LogP contribution in [0.5, 0.6) is 5.75 Å². The van der Waals surface area contributed by atoms with E-state index in [9.17, 15) is 17.6 Å². The van der Waals surface area contributed by atoms with E-state index >= 15 is 0 Å². The van der Waals surface area contributed by atoms with Gasteiger partial charge in [-0.3, -0.25) is 0 Å². The first-order valence-electron chi connectivity index (χ1n) is 12.1. The van der Waals surface area contributed by atoms with Crippen molar-refractivity contribution >= 4 is 6.08 Å². The molecule has 0 bridgehead atoms. The first-order chi connectivity index (χ1) is 15.9. The minimum absolute atomic E-state index is 0.0540. The van der Waals surface area contributed by atoms with Gasteiger partial charge < -0.3 is 4.74 Å². The summed E-state index contributed by atoms with van der Waals surface area (Å²) in [5.41, 5.74) is 1.16. The summed E-state index contributed by atoms with van der Waals surface area (Å²) in [7, 11) is 1.31. The van der Waals surface area contributed by atoms with Crippen molar-refractivity contribution in [1.29, 1.82) is 0 Å². The molecule has 0 amide bonds. The molecule has 2 aliphatic carbocycles. The van der Waals surface area contributed by atoms with Gasteiger partial charge >= 0.3 is 0 Å². The van der Waals surface area contributed by atoms with Crippen molar-refractivity contribution in [2.75, 3.05) is 7.11 Å². The van der Waals surface area contributed by atoms with E-state index in [1.165, 1.54) is 13.2 Å². The molecule has 33 heavy (non-hydrogen) atoms. The van der Waals surface area contributed by atoms with Gasteiger partial charge in [0.2, 0.25) is 5.82 Å². The van der Waals surface area contributed by atoms with Crippen LogP contribution < -0.4 is 4.74 Å². The fourth-order valence-electron chi connectivity index (χ4n) is 5.48. The molecule has 2 fully saturated rings. The third-order valence-electron chi connectivity index (χ3n) is 7.65. The molecule has 0 spiro atoms. The Bertz CT molecular complexity index is 999. The Morgan fingerprint density at radius 2 is 1.24 bits per heavy atom. The molecule has 2 aromatic rings. The number of benzene rings is 2. The molecule has 0 heterocycles. The van der Waals surface area contributed by atoms with Gasteiger partial charge in [-0.25, -0.2) is 13.2 Å². The van der Waals surface area contributed by atoms with E-state index in [2.05, 4.69) is 6.92 Å². The van der Waals surface area contributed by atoms with Crippen molar-refractivity contribution in [3.8, 4) is 5.75 Å². The highest BCUT2D eigenvalue weighted by atomic mass is 19.2. The fraction of sp³-hybridized carbons (Fsp3) is 0.500. The predicted octanol–water partition coefficient (Wildman–Crippen LogP) is 8.53. The fourth-order valence-corrected chi connectivity index (χ4v) is 5.48. The standard InChI is InChI=1S/C28H32F4O/c1-17-3-8-19(9-4-17)22-14-13-21(25(29)26(22)30)12-7-18-5-10-20(11-6-18)23-15-16-24(33-2)28(32)27(23)31/h7,12-20H,3-6,8-11H2,1-2H3/b12-7+. The summed E-state index contributed by atoms with van der Waals surface area (Å²) in [6.07, 6.45) is 10.6. The first kappa shape index (κ1) is 23.8. The molecule has 0 saturated heterocycles. The average Bonchev–Trinajstić information content (AvgIpc) is 2.83. The Morgan fingerprint density at radius 3 is 1.85 bits per heavy atom. The maximum Gasteiger partial charge on any atom is 0.200 e. The monoisotopic (exact) mass is 460 g/mol. The molecule has 0 unspecified atom stereocenters. The number of halogens is 4. The van der Waals surface area contributed by atoms with Crippen molar-refractivity contribution in [3.05, 3.63) is 70.3 Å². The van der Waals surface area contributed by atoms with Gasteiger partial charge in [-0.15, -0.1) is 0 Å². The van der Waals surface area contributed by atoms with Gasteiger partial charge in [0.25, 0.3) is 0 Å². The molecule has 0 radical (unpaired) electrons. The lowest BCUT2D eigenvalue weighted by Gasteiger charge is -2.28. The Labute approximate surface area is 193 Å². The normalized spacial score (nSPS) is 26.0. The highest BCUT2D eigenvalue weighted by Gasteiger charge is 2.27. The molecular weight excluding hydrogens is 428 g/mol. The summed E-state index contributed by atoms with van der Waals surface area (Å²) in [4.78, 5) is 0. The zero-order valence-electron chi connectivity index (χ0n) is 19.4. The zero-order chi connectivity index (χ0) is 23.5. The zero-order valence-corrected chi connectivity index (χ0v) is 19.4. The molecule has 4 rings (SSSR count). The second-order valence-corrected chi connectivity index (χ2v) is 9.78. The van der Waals surface area contributed by atoms with Gasteiger partial charge in [0.05, 0.1) is 7.11 Å². The minimum atomic E-state index is -0.944. The molecule has 1 nitrogen and oxygen atoms in total. The van der Waals surface area contributed by atoms with Crippen molar-refractivity contribution in [3.63, 3.8) is 0 Å². The maximum atomic E-state index is 14.8. The number of rotatable bonds is 5. The van der Waals surface area contributed by atoms with E-state index in [1.807, 2.05) is 6.08 Å². The predicted molar refractivity (Wildman–Crippen MR) is 123 cm³/mol. The Balaban J connectivity index is 1.39. The Morgan fingerprint density at radius 1 is 0.697 bits per heavy atom. The Kier molecular flexibility index (Phi) is 7.45. The summed E-state index contributed by atoms with van der Waals surface area (Å²) in [6.45, 7) is 2.21. The summed E-state index contributed by atoms with van der Waals surface area (Å²) in [6, 6.07) is 6.50. The maximum absolute atomic E-state index is 14.8. The van der Waals surface area contributed by atoms with Crippen molar-refractivity contribution < 1.29 is 22.3 Å². The molecule has 0 aliphatic heterocycles. The topological polar surface area (TPSA) is 9.23 Å². The molecule has 2 aromatic carbocycles. The quantitative estimate of drug-likeness (QED) is 0.406. The van der Waals surface area contributed by atoms with Crippen LogP contribution in [0.25, 0.3) is 6.08 Å². The van der Waals surface area contributed by atoms with E-state index < -0.39 is 23.3 Å². The van der Waals surface area contributed by atoms with Gasteiger partial charge in [0.15, 0.2) is 23.2 Å². The van der Waals surface area contributed by atoms with Crippen LogP contribution in [0.2, 0.25) is 0 Å². The van der Waals surface area contributed by atoms with E-state index in [0.717, 1.165) is 38.5 Å². The lowest BCUT2D eigenvalue weighted by atomic mass is 9.78. The molecule has 2 aliphatic rings. The lowest BCUT2D eigenvalue weighted by molar-refractivity contribution is 0.339. The average molecular weight is 461 g/mol. The second-order valence-electron chi connectivity index (χ2n) is 9.78. The third kappa shape index (κ3) is 5.12. The van der Waals surface area contributed by atoms with Crippen LogP contribution in [0.4, 0.5) is 17.6 Å². The van der Waals surface area contributed by atoms with E-state index in [-0.39, 0.29) is 29.1 Å². The third-order valence-corrected chi connectivity index (χ3v) is 7.65. The van der Waals surface area contributed by atoms with Crippen LogP contribution in [-0.4, -0.2) is 7.11 Å². The number of ether oxygens (including phenoxy) is 1. The highest BCUT2D eigenvalue weighted by Crippen LogP contribution is 2.40. The summed E-state index contributed by atoms with van der Waals surface area (Å²) >= 11 is 0. The van der Waals surface area contributed by atoms with Crippen molar-refractivity contribution in [1.82, 2.24) is 0 Å². The largest absolute Gasteiger partial charge is 0.494 e. The molecule has 5 heteroatoms. The number of hydrogen-bond donors (Lipinski definition) is 0. The van der Waals surface area contributed by atoms with Crippen LogP contribution in [0, 0.1) is 35.1 Å². The molecule has 178 valence electrons. The van der Waals surface area contributed by atoms with Gasteiger partial charge in [-0.05, 0) is 79.4 Å². The van der Waals surface area contributed by atoms with Crippen LogP contribution in [0.15, 0.2) is 30.3 Å². The lowest BCUT2D eigenvalue weighted by Crippen LogP contribution is -2.14. The van der Waals surface area contributed by atoms with Gasteiger partial charge in [-0.2, -0.15) is 4.39 Å².